The number of rotatable bonds is 5. The largest absolute Gasteiger partial charge is 0.332 e. The summed E-state index contributed by atoms with van der Waals surface area (Å²) in [6.07, 6.45) is 1.40. The van der Waals surface area contributed by atoms with Gasteiger partial charge >= 0.3 is 5.69 Å². The van der Waals surface area contributed by atoms with Crippen LogP contribution in [-0.2, 0) is 33.5 Å². The van der Waals surface area contributed by atoms with Crippen molar-refractivity contribution >= 4 is 22.8 Å². The minimum Gasteiger partial charge on any atom is -0.298 e. The van der Waals surface area contributed by atoms with Crippen LogP contribution >= 0.6 is 11.6 Å². The molecule has 0 spiro atoms. The Bertz CT molecular complexity index is 1410. The second kappa shape index (κ2) is 7.81. The molecule has 1 aromatic carbocycles. The number of aromatic nitrogens is 6. The Morgan fingerprint density at radius 2 is 1.84 bits per heavy atom. The van der Waals surface area contributed by atoms with Gasteiger partial charge in [-0.3, -0.25) is 18.5 Å². The Labute approximate surface area is 182 Å². The smallest absolute Gasteiger partial charge is 0.298 e. The molecule has 10 heteroatoms. The molecular weight excluding hydrogens is 423 g/mol. The van der Waals surface area contributed by atoms with Gasteiger partial charge in [-0.05, 0) is 31.0 Å². The van der Waals surface area contributed by atoms with Crippen LogP contribution in [0.5, 0.6) is 0 Å². The van der Waals surface area contributed by atoms with Gasteiger partial charge in [-0.1, -0.05) is 31.5 Å². The maximum absolute atomic E-state index is 14.6. The molecule has 0 saturated carbocycles. The molecule has 4 aromatic rings. The molecule has 0 radical (unpaired) electrons. The number of imidazole rings is 1. The number of benzene rings is 1. The summed E-state index contributed by atoms with van der Waals surface area (Å²) in [4.78, 5) is 30.2. The van der Waals surface area contributed by atoms with Crippen molar-refractivity contribution in [2.24, 2.45) is 14.1 Å². The van der Waals surface area contributed by atoms with Crippen LogP contribution in [0.3, 0.4) is 0 Å². The van der Waals surface area contributed by atoms with Gasteiger partial charge in [0.2, 0.25) is 5.95 Å². The number of halogens is 2. The normalized spacial score (nSPS) is 11.5. The molecule has 0 aliphatic carbocycles. The van der Waals surface area contributed by atoms with Crippen molar-refractivity contribution in [3.05, 3.63) is 72.9 Å². The van der Waals surface area contributed by atoms with E-state index < -0.39 is 17.1 Å². The molecule has 0 aliphatic rings. The van der Waals surface area contributed by atoms with Crippen LogP contribution in [0.25, 0.3) is 17.1 Å². The molecule has 0 aliphatic heterocycles. The van der Waals surface area contributed by atoms with Gasteiger partial charge < -0.3 is 0 Å². The van der Waals surface area contributed by atoms with Crippen LogP contribution in [-0.4, -0.2) is 28.5 Å². The van der Waals surface area contributed by atoms with Gasteiger partial charge in [0.15, 0.2) is 11.2 Å². The third-order valence-electron chi connectivity index (χ3n) is 5.45. The lowest BCUT2D eigenvalue weighted by atomic mass is 10.2. The first kappa shape index (κ1) is 21.0. The number of aryl methyl sites for hydroxylation is 3. The summed E-state index contributed by atoms with van der Waals surface area (Å²) in [5, 5.41) is 4.86. The molecule has 3 heterocycles. The van der Waals surface area contributed by atoms with Crippen LogP contribution in [0.1, 0.15) is 30.8 Å². The van der Waals surface area contributed by atoms with Crippen molar-refractivity contribution in [2.75, 3.05) is 0 Å². The predicted octanol–water partition coefficient (Wildman–Crippen LogP) is 2.59. The van der Waals surface area contributed by atoms with Crippen LogP contribution in [0.15, 0.2) is 33.9 Å². The van der Waals surface area contributed by atoms with Gasteiger partial charge in [0, 0.05) is 30.4 Å². The van der Waals surface area contributed by atoms with Crippen molar-refractivity contribution < 1.29 is 4.39 Å². The van der Waals surface area contributed by atoms with E-state index in [0.717, 1.165) is 22.4 Å². The number of hydrogen-bond donors (Lipinski definition) is 0. The number of hydrogen-bond acceptors (Lipinski definition) is 4. The highest BCUT2D eigenvalue weighted by molar-refractivity contribution is 6.31. The third-order valence-corrected chi connectivity index (χ3v) is 5.81. The molecule has 31 heavy (non-hydrogen) atoms. The van der Waals surface area contributed by atoms with Crippen LogP contribution < -0.4 is 11.2 Å². The average molecular weight is 445 g/mol. The Balaban J connectivity index is 2.11. The average Bonchev–Trinajstić information content (AvgIpc) is 3.34. The lowest BCUT2D eigenvalue weighted by molar-refractivity contribution is 0.595. The molecule has 162 valence electrons. The molecular formula is C21H22ClFN6O2. The van der Waals surface area contributed by atoms with E-state index in [0.29, 0.717) is 12.4 Å². The maximum atomic E-state index is 14.6. The summed E-state index contributed by atoms with van der Waals surface area (Å²) in [6.45, 7) is 3.94. The third kappa shape index (κ3) is 3.29. The quantitative estimate of drug-likeness (QED) is 0.474. The van der Waals surface area contributed by atoms with E-state index >= 15 is 0 Å². The first-order chi connectivity index (χ1) is 14.8. The molecule has 0 amide bonds. The lowest BCUT2D eigenvalue weighted by Crippen LogP contribution is -2.37. The van der Waals surface area contributed by atoms with Crippen molar-refractivity contribution in [3.8, 4) is 5.95 Å². The Kier molecular flexibility index (Phi) is 5.30. The van der Waals surface area contributed by atoms with E-state index in [-0.39, 0.29) is 28.3 Å². The standard InChI is InChI=1S/C21H22ClFN6O2/c1-5-12-10-13(6-2)29(25-12)20-24-18-17(19(30)27(4)21(31)26(18)3)28(20)11-14-15(22)8-7-9-16(14)23/h7-10H,5-6,11H2,1-4H3. The molecule has 8 nitrogen and oxygen atoms in total. The highest BCUT2D eigenvalue weighted by Gasteiger charge is 2.23. The second-order valence-corrected chi connectivity index (χ2v) is 7.73. The van der Waals surface area contributed by atoms with Gasteiger partial charge in [0.25, 0.3) is 5.56 Å². The van der Waals surface area contributed by atoms with Gasteiger partial charge in [0.05, 0.1) is 12.2 Å². The lowest BCUT2D eigenvalue weighted by Gasteiger charge is -2.12. The predicted molar refractivity (Wildman–Crippen MR) is 117 cm³/mol. The zero-order valence-corrected chi connectivity index (χ0v) is 18.4. The fourth-order valence-corrected chi connectivity index (χ4v) is 3.88. The summed E-state index contributed by atoms with van der Waals surface area (Å²) in [5.74, 6) is -0.170. The number of nitrogens with zero attached hydrogens (tertiary/aromatic N) is 6. The molecule has 0 fully saturated rings. The van der Waals surface area contributed by atoms with E-state index in [4.69, 9.17) is 11.6 Å². The van der Waals surface area contributed by atoms with Crippen LogP contribution in [0.4, 0.5) is 4.39 Å². The fraction of sp³-hybridized carbons (Fsp3) is 0.333. The Morgan fingerprint density at radius 3 is 2.48 bits per heavy atom. The van der Waals surface area contributed by atoms with E-state index in [1.807, 2.05) is 19.9 Å². The fourth-order valence-electron chi connectivity index (χ4n) is 3.66. The first-order valence-electron chi connectivity index (χ1n) is 9.95. The highest BCUT2D eigenvalue weighted by Crippen LogP contribution is 2.24. The first-order valence-corrected chi connectivity index (χ1v) is 10.3. The minimum atomic E-state index is -0.523. The summed E-state index contributed by atoms with van der Waals surface area (Å²) >= 11 is 6.27. The molecule has 0 bridgehead atoms. The molecule has 4 rings (SSSR count). The zero-order chi connectivity index (χ0) is 22.4. The van der Waals surface area contributed by atoms with Crippen molar-refractivity contribution in [2.45, 2.75) is 33.2 Å². The van der Waals surface area contributed by atoms with E-state index in [1.165, 1.54) is 23.7 Å². The van der Waals surface area contributed by atoms with Gasteiger partial charge in [-0.2, -0.15) is 10.1 Å². The zero-order valence-electron chi connectivity index (χ0n) is 17.7. The molecule has 0 atom stereocenters. The molecule has 0 unspecified atom stereocenters. The summed E-state index contributed by atoms with van der Waals surface area (Å²) in [7, 11) is 2.94. The summed E-state index contributed by atoms with van der Waals surface area (Å²) in [6, 6.07) is 6.39. The number of fused-ring (bicyclic) bond motifs is 1. The monoisotopic (exact) mass is 444 g/mol. The maximum Gasteiger partial charge on any atom is 0.332 e. The van der Waals surface area contributed by atoms with E-state index in [2.05, 4.69) is 10.1 Å². The topological polar surface area (TPSA) is 79.6 Å². The van der Waals surface area contributed by atoms with Crippen molar-refractivity contribution in [3.63, 3.8) is 0 Å². The Hall–Kier alpha value is -3.20. The van der Waals surface area contributed by atoms with E-state index in [1.54, 1.807) is 22.4 Å². The van der Waals surface area contributed by atoms with Gasteiger partial charge in [-0.15, -0.1) is 0 Å². The van der Waals surface area contributed by atoms with Crippen LogP contribution in [0, 0.1) is 5.82 Å². The highest BCUT2D eigenvalue weighted by atomic mass is 35.5. The summed E-state index contributed by atoms with van der Waals surface area (Å²) < 4.78 is 20.2. The SMILES string of the molecule is CCc1cc(CC)n(-c2nc3c(c(=O)n(C)c(=O)n3C)n2Cc2c(F)cccc2Cl)n1. The Morgan fingerprint density at radius 1 is 1.10 bits per heavy atom. The van der Waals surface area contributed by atoms with Gasteiger partial charge in [-0.25, -0.2) is 13.9 Å². The van der Waals surface area contributed by atoms with Crippen LogP contribution in [0.2, 0.25) is 5.02 Å². The van der Waals surface area contributed by atoms with E-state index in [9.17, 15) is 14.0 Å². The molecule has 0 saturated heterocycles. The van der Waals surface area contributed by atoms with Crippen molar-refractivity contribution in [1.82, 2.24) is 28.5 Å². The molecule has 3 aromatic heterocycles. The van der Waals surface area contributed by atoms with Crippen molar-refractivity contribution in [1.29, 1.82) is 0 Å². The van der Waals surface area contributed by atoms with Gasteiger partial charge in [0.1, 0.15) is 5.82 Å². The minimum absolute atomic E-state index is 0.0464. The summed E-state index contributed by atoms with van der Waals surface area (Å²) in [5.41, 5.74) is 1.33. The molecule has 0 N–H and O–H groups in total. The second-order valence-electron chi connectivity index (χ2n) is 7.32.